The van der Waals surface area contributed by atoms with Gasteiger partial charge in [0.15, 0.2) is 40.8 Å². The maximum atomic E-state index is 13.3. The molecule has 0 saturated carbocycles. The lowest BCUT2D eigenvalue weighted by molar-refractivity contribution is -0.309. The molecule has 0 unspecified atom stereocenters. The van der Waals surface area contributed by atoms with Gasteiger partial charge in [-0.15, -0.1) is 0 Å². The van der Waals surface area contributed by atoms with E-state index in [0.29, 0.717) is 38.5 Å². The molecule has 0 spiro atoms. The van der Waals surface area contributed by atoms with Gasteiger partial charge in [-0.2, -0.15) is 0 Å². The zero-order valence-corrected chi connectivity index (χ0v) is 54.6. The minimum absolute atomic E-state index is 0.122. The molecule has 6 aromatic heterocycles. The smallest absolute Gasteiger partial charge is 0.174 e. The molecule has 19 heteroatoms. The van der Waals surface area contributed by atoms with Crippen LogP contribution < -0.4 is 0 Å². The zero-order valence-electron chi connectivity index (χ0n) is 54.6. The lowest BCUT2D eigenvalue weighted by Crippen LogP contribution is -2.61. The molecular weight excluding hydrogens is 1260 g/mol. The van der Waals surface area contributed by atoms with Gasteiger partial charge < -0.3 is 77.4 Å². The number of aromatic nitrogens is 6. The minimum atomic E-state index is -1.42. The molecule has 498 valence electrons. The summed E-state index contributed by atoms with van der Waals surface area (Å²) >= 11 is 0. The molecule has 3 fully saturated rings. The van der Waals surface area contributed by atoms with Crippen molar-refractivity contribution in [3.63, 3.8) is 0 Å². The summed E-state index contributed by atoms with van der Waals surface area (Å²) in [5, 5.41) is 89.9. The van der Waals surface area contributed by atoms with Crippen molar-refractivity contribution < 1.29 is 64.3 Å². The fourth-order valence-corrected chi connectivity index (χ4v) is 20.7. The van der Waals surface area contributed by atoms with E-state index in [2.05, 4.69) is 54.7 Å². The number of carbonyl (C=O) groups excluding carboxylic acids is 3. The molecule has 12 heterocycles. The summed E-state index contributed by atoms with van der Waals surface area (Å²) in [6, 6.07) is 48.3. The molecule has 9 aromatic carbocycles. The fourth-order valence-electron chi connectivity index (χ4n) is 20.7. The average molecular weight is 1330 g/mol. The summed E-state index contributed by atoms with van der Waals surface area (Å²) in [7, 11) is 0. The monoisotopic (exact) mass is 1330 g/mol. The predicted octanol–water partition coefficient (Wildman–Crippen LogP) is 12.0. The molecule has 24 rings (SSSR count). The normalized spacial score (nSPS) is 29.0. The van der Waals surface area contributed by atoms with E-state index < -0.39 is 78.6 Å². The third kappa shape index (κ3) is 6.66. The molecule has 3 aliphatic carbocycles. The Labute approximate surface area is 566 Å². The number of ether oxygens (including phenoxy) is 3. The number of carbonyl (C=O) groups is 3. The number of fused-ring (bicyclic) bond motifs is 39. The van der Waals surface area contributed by atoms with Crippen molar-refractivity contribution in [2.75, 3.05) is 0 Å². The van der Waals surface area contributed by atoms with Crippen molar-refractivity contribution in [2.24, 2.45) is 0 Å². The Morgan fingerprint density at radius 3 is 0.970 bits per heavy atom. The first kappa shape index (κ1) is 58.2. The average Bonchev–Trinajstić information content (AvgIpc) is 1.52. The molecule has 9 aliphatic rings. The second-order valence-electron chi connectivity index (χ2n) is 29.6. The highest BCUT2D eigenvalue weighted by molar-refractivity contribution is 6.34. The van der Waals surface area contributed by atoms with Crippen LogP contribution in [0.2, 0.25) is 0 Å². The van der Waals surface area contributed by atoms with E-state index in [9.17, 15) is 50.1 Å². The molecular formula is C81H66N6O13. The van der Waals surface area contributed by atoms with Crippen LogP contribution in [-0.2, 0) is 50.6 Å². The van der Waals surface area contributed by atoms with E-state index in [1.807, 2.05) is 132 Å². The van der Waals surface area contributed by atoms with E-state index in [0.717, 1.165) is 164 Å². The summed E-state index contributed by atoms with van der Waals surface area (Å²) in [5.41, 5.74) is 13.0. The van der Waals surface area contributed by atoms with Gasteiger partial charge in [0.05, 0.1) is 78.4 Å². The largest absolute Gasteiger partial charge is 0.390 e. The van der Waals surface area contributed by atoms with Gasteiger partial charge in [-0.1, -0.05) is 109 Å². The van der Waals surface area contributed by atoms with E-state index >= 15 is 0 Å². The van der Waals surface area contributed by atoms with Gasteiger partial charge in [0.1, 0.15) is 43.0 Å². The number of para-hydroxylation sites is 6. The van der Waals surface area contributed by atoms with Crippen molar-refractivity contribution in [3.8, 4) is 0 Å². The molecule has 6 aliphatic heterocycles. The molecule has 0 amide bonds. The van der Waals surface area contributed by atoms with Gasteiger partial charge in [0.25, 0.3) is 0 Å². The standard InChI is InChI=1S/C27H22N2O5.2C27H22N2O4/c1-27-25(33)23(31)24(32)26(34-27)28-15-8-4-2-6-12(15)20-19-14(10-11-17(19)30)18-13-7-3-5-9-16(13)29(27)22(18)21(20)28;2*1-27-26(32)19(31)12-20(33-27)28-16-8-4-2-6-13(16)23-22-15(10-11-18(22)30)21-14-7-3-5-9-17(14)29(27)25(21)24(23)28/h2-9,23-26,31-33H,10-11H2,1H3;2*2-9,19-20,26,31-32H,10-12H2,1H3/t23-,24+,25+,26+,27-;19-,20+,26+,27-;19-,20-,26-,27+/m001/s1. The topological polar surface area (TPSA) is 250 Å². The van der Waals surface area contributed by atoms with Crippen LogP contribution in [-0.4, -0.2) is 123 Å². The number of aliphatic hydroxyl groups excluding tert-OH is 7. The first-order valence-electron chi connectivity index (χ1n) is 34.9. The Balaban J connectivity index is 0.0000000955. The number of aryl methyl sites for hydroxylation is 3. The van der Waals surface area contributed by atoms with E-state index in [-0.39, 0.29) is 30.2 Å². The maximum absolute atomic E-state index is 13.3. The lowest BCUT2D eigenvalue weighted by atomic mass is 9.93. The summed E-state index contributed by atoms with van der Waals surface area (Å²) in [6.45, 7) is 5.51. The Hall–Kier alpha value is -9.61. The Kier molecular flexibility index (Phi) is 11.2. The summed E-state index contributed by atoms with van der Waals surface area (Å²) in [6.07, 6.45) is -5.94. The number of hydrogen-bond acceptors (Lipinski definition) is 13. The van der Waals surface area contributed by atoms with Crippen LogP contribution in [0.4, 0.5) is 0 Å². The van der Waals surface area contributed by atoms with Crippen molar-refractivity contribution >= 4 is 148 Å². The van der Waals surface area contributed by atoms with Gasteiger partial charge in [-0.05, 0) is 93.1 Å². The maximum Gasteiger partial charge on any atom is 0.174 e. The first-order valence-corrected chi connectivity index (χ1v) is 34.9. The summed E-state index contributed by atoms with van der Waals surface area (Å²) in [4.78, 5) is 39.9. The number of benzene rings is 9. The van der Waals surface area contributed by atoms with Crippen LogP contribution in [0.15, 0.2) is 146 Å². The first-order chi connectivity index (χ1) is 48.4. The third-order valence-electron chi connectivity index (χ3n) is 24.7. The molecule has 0 radical (unpaired) electrons. The highest BCUT2D eigenvalue weighted by Crippen LogP contribution is 2.59. The van der Waals surface area contributed by atoms with Crippen molar-refractivity contribution in [2.45, 2.75) is 151 Å². The SMILES string of the molecule is C[C@]12O[C@H](C[C@@H](O)[C@H]1O)n1c3ccccc3c3c4c(c5c6ccccc6n2c5c31)CCC4=O.C[C@]12O[C@H](C[C@H](O)[C@H]1O)n1c3ccccc3c3c4c(c5c6ccccc6n2c5c31)CCC4=O.C[C@]12O[C@H]([C@H](O)[C@H](O)[C@H]1O)n1c3ccccc3c3c4c(c5c6ccccc6n2c5c31)CCC4=O. The van der Waals surface area contributed by atoms with E-state index in [4.69, 9.17) is 14.2 Å². The highest BCUT2D eigenvalue weighted by atomic mass is 16.6. The van der Waals surface area contributed by atoms with Crippen LogP contribution in [0.3, 0.4) is 0 Å². The number of nitrogens with zero attached hydrogens (tertiary/aromatic N) is 6. The van der Waals surface area contributed by atoms with Crippen LogP contribution in [0.1, 0.15) is 119 Å². The quantitative estimate of drug-likeness (QED) is 0.0747. The second kappa shape index (κ2) is 19.3. The van der Waals surface area contributed by atoms with Gasteiger partial charge in [0, 0.05) is 113 Å². The lowest BCUT2D eigenvalue weighted by Gasteiger charge is -2.47. The number of ketones is 3. The highest BCUT2D eigenvalue weighted by Gasteiger charge is 2.58. The molecule has 7 N–H and O–H groups in total. The van der Waals surface area contributed by atoms with Gasteiger partial charge in [-0.3, -0.25) is 14.4 Å². The second-order valence-corrected chi connectivity index (χ2v) is 29.6. The fraction of sp³-hybridized carbons (Fsp3) is 0.296. The number of hydrogen-bond donors (Lipinski definition) is 7. The molecule has 15 aromatic rings. The summed E-state index contributed by atoms with van der Waals surface area (Å²) < 4.78 is 32.4. The Bertz CT molecular complexity index is 6130. The molecule has 6 bridgehead atoms. The van der Waals surface area contributed by atoms with Crippen LogP contribution >= 0.6 is 0 Å². The number of Topliss-reactive ketones (excluding diaryl/α,β-unsaturated/α-hetero) is 3. The molecule has 13 atom stereocenters. The van der Waals surface area contributed by atoms with Crippen molar-refractivity contribution in [1.82, 2.24) is 27.4 Å². The van der Waals surface area contributed by atoms with Crippen LogP contribution in [0, 0.1) is 0 Å². The van der Waals surface area contributed by atoms with Gasteiger partial charge in [-0.25, -0.2) is 0 Å². The molecule has 3 saturated heterocycles. The van der Waals surface area contributed by atoms with Gasteiger partial charge in [0.2, 0.25) is 0 Å². The van der Waals surface area contributed by atoms with Crippen molar-refractivity contribution in [1.29, 1.82) is 0 Å². The van der Waals surface area contributed by atoms with E-state index in [1.165, 1.54) is 0 Å². The number of rotatable bonds is 0. The third-order valence-corrected chi connectivity index (χ3v) is 24.7. The number of aliphatic hydroxyl groups is 7. The summed E-state index contributed by atoms with van der Waals surface area (Å²) in [5.74, 6) is 0.494. The Morgan fingerprint density at radius 2 is 0.620 bits per heavy atom. The van der Waals surface area contributed by atoms with Crippen LogP contribution in [0.5, 0.6) is 0 Å². The van der Waals surface area contributed by atoms with Crippen molar-refractivity contribution in [3.05, 3.63) is 179 Å². The predicted molar refractivity (Wildman–Crippen MR) is 378 cm³/mol. The molecule has 100 heavy (non-hydrogen) atoms. The molecule has 19 nitrogen and oxygen atoms in total. The van der Waals surface area contributed by atoms with E-state index in [1.54, 1.807) is 6.92 Å². The van der Waals surface area contributed by atoms with Gasteiger partial charge >= 0.3 is 0 Å². The van der Waals surface area contributed by atoms with Crippen LogP contribution in [0.25, 0.3) is 131 Å². The Morgan fingerprint density at radius 1 is 0.330 bits per heavy atom. The zero-order chi connectivity index (χ0) is 67.5. The minimum Gasteiger partial charge on any atom is -0.390 e.